The molecule has 17 heavy (non-hydrogen) atoms. The Labute approximate surface area is 104 Å². The molecule has 1 N–H and O–H groups in total. The summed E-state index contributed by atoms with van der Waals surface area (Å²) in [5.41, 5.74) is 5.02. The highest BCUT2D eigenvalue weighted by Gasteiger charge is 2.33. The number of aryl methyl sites for hydroxylation is 1. The van der Waals surface area contributed by atoms with Crippen molar-refractivity contribution < 1.29 is 0 Å². The molecule has 1 fully saturated rings. The molecule has 0 aliphatic heterocycles. The summed E-state index contributed by atoms with van der Waals surface area (Å²) in [6.45, 7) is 1.27. The van der Waals surface area contributed by atoms with Crippen LogP contribution in [0, 0.1) is 5.92 Å². The molecule has 3 aliphatic carbocycles. The minimum Gasteiger partial charge on any atom is -0.313 e. The van der Waals surface area contributed by atoms with Crippen molar-refractivity contribution >= 4 is 0 Å². The molecule has 2 atom stereocenters. The van der Waals surface area contributed by atoms with Crippen LogP contribution in [0.5, 0.6) is 0 Å². The van der Waals surface area contributed by atoms with Crippen molar-refractivity contribution in [2.45, 2.75) is 50.5 Å². The molecule has 0 heterocycles. The van der Waals surface area contributed by atoms with Gasteiger partial charge in [-0.2, -0.15) is 0 Å². The second-order valence-electron chi connectivity index (χ2n) is 6.21. The standard InChI is InChI=1S/C16H21N/c1-2-12-6-7-14-9-15(17-10-11-4-5-11)8-13(3-1)16(12)14/h1-3,11,14-15,17H,4-10H2/t14-,15+/m0/s1. The van der Waals surface area contributed by atoms with E-state index >= 15 is 0 Å². The molecule has 1 saturated carbocycles. The molecule has 3 aliphatic rings. The molecular formula is C16H21N. The Morgan fingerprint density at radius 2 is 2.00 bits per heavy atom. The summed E-state index contributed by atoms with van der Waals surface area (Å²) < 4.78 is 0. The molecule has 0 amide bonds. The van der Waals surface area contributed by atoms with Crippen molar-refractivity contribution in [1.29, 1.82) is 0 Å². The number of benzene rings is 1. The largest absolute Gasteiger partial charge is 0.313 e. The van der Waals surface area contributed by atoms with Crippen LogP contribution in [0.3, 0.4) is 0 Å². The van der Waals surface area contributed by atoms with Crippen LogP contribution in [0.25, 0.3) is 0 Å². The number of nitrogens with one attached hydrogen (secondary N) is 1. The smallest absolute Gasteiger partial charge is 0.0113 e. The number of rotatable bonds is 3. The molecule has 1 nitrogen and oxygen atoms in total. The highest BCUT2D eigenvalue weighted by atomic mass is 14.9. The Morgan fingerprint density at radius 1 is 1.12 bits per heavy atom. The van der Waals surface area contributed by atoms with Crippen molar-refractivity contribution in [1.82, 2.24) is 5.32 Å². The van der Waals surface area contributed by atoms with E-state index in [1.165, 1.54) is 45.1 Å². The molecule has 0 bridgehead atoms. The van der Waals surface area contributed by atoms with E-state index in [0.717, 1.165) is 17.9 Å². The zero-order valence-corrected chi connectivity index (χ0v) is 10.4. The molecular weight excluding hydrogens is 206 g/mol. The summed E-state index contributed by atoms with van der Waals surface area (Å²) in [4.78, 5) is 0. The highest BCUT2D eigenvalue weighted by molar-refractivity contribution is 5.44. The zero-order chi connectivity index (χ0) is 11.2. The predicted molar refractivity (Wildman–Crippen MR) is 70.3 cm³/mol. The van der Waals surface area contributed by atoms with E-state index in [9.17, 15) is 0 Å². The molecule has 0 spiro atoms. The van der Waals surface area contributed by atoms with Gasteiger partial charge in [0, 0.05) is 6.04 Å². The normalized spacial score (nSPS) is 30.4. The first kappa shape index (κ1) is 10.1. The fourth-order valence-corrected chi connectivity index (χ4v) is 3.80. The van der Waals surface area contributed by atoms with Crippen LogP contribution >= 0.6 is 0 Å². The van der Waals surface area contributed by atoms with Crippen LogP contribution in [-0.2, 0) is 12.8 Å². The summed E-state index contributed by atoms with van der Waals surface area (Å²) in [5.74, 6) is 1.87. The maximum Gasteiger partial charge on any atom is 0.0113 e. The van der Waals surface area contributed by atoms with E-state index in [1.54, 1.807) is 16.7 Å². The van der Waals surface area contributed by atoms with Gasteiger partial charge in [0.2, 0.25) is 0 Å². The quantitative estimate of drug-likeness (QED) is 0.837. The molecule has 90 valence electrons. The van der Waals surface area contributed by atoms with Gasteiger partial charge in [-0.25, -0.2) is 0 Å². The maximum atomic E-state index is 3.81. The van der Waals surface area contributed by atoms with Gasteiger partial charge < -0.3 is 5.32 Å². The van der Waals surface area contributed by atoms with Crippen molar-refractivity contribution in [3.63, 3.8) is 0 Å². The van der Waals surface area contributed by atoms with Crippen molar-refractivity contribution in [3.8, 4) is 0 Å². The van der Waals surface area contributed by atoms with E-state index in [1.807, 2.05) is 0 Å². The first-order valence-corrected chi connectivity index (χ1v) is 7.24. The van der Waals surface area contributed by atoms with Crippen molar-refractivity contribution in [2.75, 3.05) is 6.54 Å². The lowest BCUT2D eigenvalue weighted by Gasteiger charge is -2.30. The Balaban J connectivity index is 1.54. The minimum absolute atomic E-state index is 0.751. The topological polar surface area (TPSA) is 12.0 Å². The van der Waals surface area contributed by atoms with Gasteiger partial charge in [0.25, 0.3) is 0 Å². The second-order valence-corrected chi connectivity index (χ2v) is 6.21. The Morgan fingerprint density at radius 3 is 2.88 bits per heavy atom. The summed E-state index contributed by atoms with van der Waals surface area (Å²) in [6, 6.07) is 7.72. The molecule has 0 radical (unpaired) electrons. The molecule has 1 heteroatoms. The van der Waals surface area contributed by atoms with Gasteiger partial charge in [-0.05, 0) is 73.6 Å². The third kappa shape index (κ3) is 1.81. The van der Waals surface area contributed by atoms with Crippen molar-refractivity contribution in [2.24, 2.45) is 5.92 Å². The fraction of sp³-hybridized carbons (Fsp3) is 0.625. The Hall–Kier alpha value is -0.820. The van der Waals surface area contributed by atoms with Crippen molar-refractivity contribution in [3.05, 3.63) is 34.9 Å². The first-order chi connectivity index (χ1) is 8.40. The predicted octanol–water partition coefficient (Wildman–Crippen LogP) is 3.03. The summed E-state index contributed by atoms with van der Waals surface area (Å²) in [6.07, 6.45) is 8.30. The average molecular weight is 227 g/mol. The van der Waals surface area contributed by atoms with Gasteiger partial charge in [0.1, 0.15) is 0 Å². The van der Waals surface area contributed by atoms with Gasteiger partial charge in [0.05, 0.1) is 0 Å². The SMILES string of the molecule is c1cc2c3c(c1)C[C@@H](NCC1CC1)C[C@@H]3CC2. The summed E-state index contributed by atoms with van der Waals surface area (Å²) in [5, 5.41) is 3.81. The number of hydrogen-bond donors (Lipinski definition) is 1. The van der Waals surface area contributed by atoms with Gasteiger partial charge in [-0.15, -0.1) is 0 Å². The molecule has 0 aromatic heterocycles. The van der Waals surface area contributed by atoms with Gasteiger partial charge in [-0.3, -0.25) is 0 Å². The van der Waals surface area contributed by atoms with Crippen LogP contribution in [0.15, 0.2) is 18.2 Å². The van der Waals surface area contributed by atoms with Crippen LogP contribution in [0.4, 0.5) is 0 Å². The minimum atomic E-state index is 0.751. The lowest BCUT2D eigenvalue weighted by molar-refractivity contribution is 0.406. The maximum absolute atomic E-state index is 3.81. The van der Waals surface area contributed by atoms with Gasteiger partial charge >= 0.3 is 0 Å². The van der Waals surface area contributed by atoms with Gasteiger partial charge in [-0.1, -0.05) is 18.2 Å². The lowest BCUT2D eigenvalue weighted by atomic mass is 9.81. The molecule has 0 unspecified atom stereocenters. The molecule has 0 saturated heterocycles. The highest BCUT2D eigenvalue weighted by Crippen LogP contribution is 2.42. The summed E-state index contributed by atoms with van der Waals surface area (Å²) >= 11 is 0. The molecule has 4 rings (SSSR count). The van der Waals surface area contributed by atoms with E-state index in [-0.39, 0.29) is 0 Å². The third-order valence-corrected chi connectivity index (χ3v) is 4.88. The van der Waals surface area contributed by atoms with E-state index in [0.29, 0.717) is 0 Å². The summed E-state index contributed by atoms with van der Waals surface area (Å²) in [7, 11) is 0. The van der Waals surface area contributed by atoms with Crippen LogP contribution in [0.2, 0.25) is 0 Å². The van der Waals surface area contributed by atoms with E-state index in [2.05, 4.69) is 23.5 Å². The first-order valence-electron chi connectivity index (χ1n) is 7.24. The van der Waals surface area contributed by atoms with Crippen LogP contribution in [0.1, 0.15) is 48.3 Å². The van der Waals surface area contributed by atoms with Crippen LogP contribution < -0.4 is 5.32 Å². The average Bonchev–Trinajstić information content (AvgIpc) is 3.10. The van der Waals surface area contributed by atoms with E-state index in [4.69, 9.17) is 0 Å². The molecule has 1 aromatic rings. The zero-order valence-electron chi connectivity index (χ0n) is 10.4. The van der Waals surface area contributed by atoms with Gasteiger partial charge in [0.15, 0.2) is 0 Å². The second kappa shape index (κ2) is 3.84. The number of hydrogen-bond acceptors (Lipinski definition) is 1. The van der Waals surface area contributed by atoms with Crippen LogP contribution in [-0.4, -0.2) is 12.6 Å². The monoisotopic (exact) mass is 227 g/mol. The fourth-order valence-electron chi connectivity index (χ4n) is 3.80. The third-order valence-electron chi connectivity index (χ3n) is 4.88. The molecule has 1 aromatic carbocycles. The lowest BCUT2D eigenvalue weighted by Crippen LogP contribution is -2.36. The van der Waals surface area contributed by atoms with E-state index < -0.39 is 0 Å². The Kier molecular flexibility index (Phi) is 2.29. The Bertz CT molecular complexity index is 433.